The first-order valence-electron chi connectivity index (χ1n) is 5.23. The smallest absolute Gasteiger partial charge is 0.250 e. The zero-order valence-electron chi connectivity index (χ0n) is 9.39. The average Bonchev–Trinajstić information content (AvgIpc) is 2.82. The minimum absolute atomic E-state index is 0.0344. The van der Waals surface area contributed by atoms with E-state index in [1.165, 1.54) is 12.4 Å². The van der Waals surface area contributed by atoms with Crippen LogP contribution in [-0.4, -0.2) is 19.9 Å². The summed E-state index contributed by atoms with van der Waals surface area (Å²) in [5.41, 5.74) is 6.44. The average molecular weight is 324 g/mol. The van der Waals surface area contributed by atoms with Gasteiger partial charge in [0.25, 0.3) is 5.88 Å². The highest BCUT2D eigenvalue weighted by Gasteiger charge is 2.11. The second-order valence-corrected chi connectivity index (χ2v) is 4.52. The molecule has 2 aromatic heterocycles. The number of aromatic nitrogens is 4. The fourth-order valence-electron chi connectivity index (χ4n) is 1.55. The lowest BCUT2D eigenvalue weighted by Gasteiger charge is -2.06. The van der Waals surface area contributed by atoms with Gasteiger partial charge in [-0.05, 0) is 28.1 Å². The Morgan fingerprint density at radius 1 is 1.32 bits per heavy atom. The van der Waals surface area contributed by atoms with E-state index in [9.17, 15) is 4.39 Å². The maximum Gasteiger partial charge on any atom is 0.250 e. The highest BCUT2D eigenvalue weighted by atomic mass is 79.9. The van der Waals surface area contributed by atoms with E-state index in [0.717, 1.165) is 0 Å². The summed E-state index contributed by atoms with van der Waals surface area (Å²) in [4.78, 5) is 14.7. The van der Waals surface area contributed by atoms with Crippen molar-refractivity contribution in [2.24, 2.45) is 0 Å². The molecule has 0 amide bonds. The van der Waals surface area contributed by atoms with Crippen molar-refractivity contribution in [3.05, 3.63) is 34.8 Å². The molecule has 0 unspecified atom stereocenters. The second kappa shape index (κ2) is 4.47. The molecule has 0 spiro atoms. The van der Waals surface area contributed by atoms with Crippen molar-refractivity contribution in [2.75, 3.05) is 5.73 Å². The lowest BCUT2D eigenvalue weighted by Crippen LogP contribution is -1.98. The second-order valence-electron chi connectivity index (χ2n) is 3.67. The zero-order chi connectivity index (χ0) is 13.4. The number of rotatable bonds is 2. The number of nitrogen functional groups attached to an aromatic ring is 1. The van der Waals surface area contributed by atoms with E-state index in [-0.39, 0.29) is 11.8 Å². The van der Waals surface area contributed by atoms with Crippen LogP contribution in [0.25, 0.3) is 11.2 Å². The van der Waals surface area contributed by atoms with Gasteiger partial charge in [-0.2, -0.15) is 9.97 Å². The fraction of sp³-hybridized carbons (Fsp3) is 0. The van der Waals surface area contributed by atoms with Gasteiger partial charge in [0, 0.05) is 6.07 Å². The van der Waals surface area contributed by atoms with E-state index >= 15 is 0 Å². The van der Waals surface area contributed by atoms with Gasteiger partial charge in [0.2, 0.25) is 5.95 Å². The number of nitrogens with zero attached hydrogens (tertiary/aromatic N) is 3. The molecule has 0 fully saturated rings. The molecule has 0 aliphatic rings. The molecule has 0 saturated heterocycles. The number of nitrogens with one attached hydrogen (secondary N) is 1. The van der Waals surface area contributed by atoms with E-state index in [1.54, 1.807) is 12.1 Å². The lowest BCUT2D eigenvalue weighted by atomic mass is 10.3. The van der Waals surface area contributed by atoms with Gasteiger partial charge in [-0.25, -0.2) is 9.37 Å². The van der Waals surface area contributed by atoms with Crippen LogP contribution in [0.5, 0.6) is 11.6 Å². The Bertz CT molecular complexity index is 760. The molecule has 3 N–H and O–H groups in total. The number of hydrogen-bond donors (Lipinski definition) is 2. The number of hydrogen-bond acceptors (Lipinski definition) is 5. The van der Waals surface area contributed by atoms with E-state index in [0.29, 0.717) is 21.4 Å². The molecule has 0 aliphatic carbocycles. The molecule has 2 heterocycles. The van der Waals surface area contributed by atoms with Crippen LogP contribution in [0.4, 0.5) is 10.3 Å². The van der Waals surface area contributed by atoms with E-state index in [2.05, 4.69) is 35.9 Å². The Morgan fingerprint density at radius 3 is 2.95 bits per heavy atom. The zero-order valence-corrected chi connectivity index (χ0v) is 11.0. The number of benzene rings is 1. The Hall–Kier alpha value is -2.22. The minimum Gasteiger partial charge on any atom is -0.437 e. The van der Waals surface area contributed by atoms with Gasteiger partial charge in [-0.15, -0.1) is 0 Å². The largest absolute Gasteiger partial charge is 0.437 e. The van der Waals surface area contributed by atoms with Gasteiger partial charge in [0.05, 0.1) is 10.8 Å². The number of aromatic amines is 1. The SMILES string of the molecule is Nc1nc(Oc2ccc(Br)c(F)c2)c2[nH]cnc2n1. The predicted octanol–water partition coefficient (Wildman–Crippen LogP) is 2.63. The highest BCUT2D eigenvalue weighted by Crippen LogP contribution is 2.28. The van der Waals surface area contributed by atoms with Crippen molar-refractivity contribution in [3.8, 4) is 11.6 Å². The van der Waals surface area contributed by atoms with Crippen molar-refractivity contribution in [2.45, 2.75) is 0 Å². The fourth-order valence-corrected chi connectivity index (χ4v) is 1.80. The molecular weight excluding hydrogens is 317 g/mol. The molecule has 1 aromatic carbocycles. The van der Waals surface area contributed by atoms with Crippen LogP contribution in [0.15, 0.2) is 29.0 Å². The van der Waals surface area contributed by atoms with Gasteiger partial charge in [0.1, 0.15) is 17.1 Å². The van der Waals surface area contributed by atoms with Gasteiger partial charge in [-0.1, -0.05) is 0 Å². The molecule has 0 radical (unpaired) electrons. The normalized spacial score (nSPS) is 10.8. The van der Waals surface area contributed by atoms with Crippen molar-refractivity contribution >= 4 is 33.0 Å². The summed E-state index contributed by atoms with van der Waals surface area (Å²) in [6.07, 6.45) is 1.45. The minimum atomic E-state index is -0.430. The Balaban J connectivity index is 2.04. The van der Waals surface area contributed by atoms with E-state index in [4.69, 9.17) is 10.5 Å². The molecule has 96 valence electrons. The topological polar surface area (TPSA) is 89.7 Å². The lowest BCUT2D eigenvalue weighted by molar-refractivity contribution is 0.462. The number of fused-ring (bicyclic) bond motifs is 1. The van der Waals surface area contributed by atoms with Gasteiger partial charge < -0.3 is 15.5 Å². The molecule has 3 aromatic rings. The van der Waals surface area contributed by atoms with E-state index in [1.807, 2.05) is 0 Å². The first-order valence-corrected chi connectivity index (χ1v) is 6.02. The van der Waals surface area contributed by atoms with Crippen LogP contribution in [0.2, 0.25) is 0 Å². The van der Waals surface area contributed by atoms with E-state index < -0.39 is 5.82 Å². The highest BCUT2D eigenvalue weighted by molar-refractivity contribution is 9.10. The molecule has 0 aliphatic heterocycles. The molecule has 19 heavy (non-hydrogen) atoms. The van der Waals surface area contributed by atoms with Crippen LogP contribution in [0.3, 0.4) is 0 Å². The summed E-state index contributed by atoms with van der Waals surface area (Å²) < 4.78 is 19.3. The monoisotopic (exact) mass is 323 g/mol. The molecule has 8 heteroatoms. The number of anilines is 1. The van der Waals surface area contributed by atoms with Gasteiger partial charge in [0.15, 0.2) is 5.65 Å². The molecule has 0 bridgehead atoms. The van der Waals surface area contributed by atoms with Crippen molar-refractivity contribution in [1.82, 2.24) is 19.9 Å². The standard InChI is InChI=1S/C11H7BrFN5O/c12-6-2-1-5(3-7(6)13)19-10-8-9(16-4-15-8)17-11(14)18-10/h1-4H,(H3,14,15,16,17,18). The number of nitrogens with two attached hydrogens (primary N) is 1. The number of ether oxygens (including phenoxy) is 1. The summed E-state index contributed by atoms with van der Waals surface area (Å²) in [7, 11) is 0. The van der Waals surface area contributed by atoms with Crippen LogP contribution in [-0.2, 0) is 0 Å². The number of H-pyrrole nitrogens is 1. The Labute approximate surface area is 115 Å². The van der Waals surface area contributed by atoms with Crippen molar-refractivity contribution in [1.29, 1.82) is 0 Å². The maximum atomic E-state index is 13.4. The third-order valence-electron chi connectivity index (χ3n) is 2.38. The summed E-state index contributed by atoms with van der Waals surface area (Å²) >= 11 is 3.07. The Morgan fingerprint density at radius 2 is 2.16 bits per heavy atom. The number of imidazole rings is 1. The maximum absolute atomic E-state index is 13.4. The van der Waals surface area contributed by atoms with Crippen LogP contribution < -0.4 is 10.5 Å². The van der Waals surface area contributed by atoms with Gasteiger partial charge in [-0.3, -0.25) is 0 Å². The molecule has 0 atom stereocenters. The third kappa shape index (κ3) is 2.22. The van der Waals surface area contributed by atoms with Crippen molar-refractivity contribution in [3.63, 3.8) is 0 Å². The summed E-state index contributed by atoms with van der Waals surface area (Å²) in [6.45, 7) is 0. The van der Waals surface area contributed by atoms with Crippen LogP contribution >= 0.6 is 15.9 Å². The number of halogens is 2. The quantitative estimate of drug-likeness (QED) is 0.756. The first kappa shape index (κ1) is 11.8. The molecular formula is C11H7BrFN5O. The molecule has 3 rings (SSSR count). The first-order chi connectivity index (χ1) is 9.13. The van der Waals surface area contributed by atoms with Crippen LogP contribution in [0, 0.1) is 5.82 Å². The van der Waals surface area contributed by atoms with Crippen molar-refractivity contribution < 1.29 is 9.13 Å². The van der Waals surface area contributed by atoms with Crippen LogP contribution in [0.1, 0.15) is 0 Å². The summed E-state index contributed by atoms with van der Waals surface area (Å²) in [6, 6.07) is 4.39. The van der Waals surface area contributed by atoms with Gasteiger partial charge >= 0.3 is 0 Å². The predicted molar refractivity (Wildman–Crippen MR) is 70.3 cm³/mol. The third-order valence-corrected chi connectivity index (χ3v) is 3.02. The molecule has 6 nitrogen and oxygen atoms in total. The Kier molecular flexibility index (Phi) is 2.79. The molecule has 0 saturated carbocycles. The summed E-state index contributed by atoms with van der Waals surface area (Å²) in [5.74, 6) is 0.101. The summed E-state index contributed by atoms with van der Waals surface area (Å²) in [5, 5.41) is 0.